The molecule has 1 amide bonds. The third-order valence-electron chi connectivity index (χ3n) is 3.60. The summed E-state index contributed by atoms with van der Waals surface area (Å²) in [5.41, 5.74) is 0.840. The van der Waals surface area contributed by atoms with E-state index in [1.807, 2.05) is 30.3 Å². The number of alkyl carbamates (subject to hydrolysis) is 1. The Morgan fingerprint density at radius 1 is 1.16 bits per heavy atom. The molecule has 1 unspecified atom stereocenters. The molecular weight excluding hydrogens is 345 g/mol. The van der Waals surface area contributed by atoms with Crippen LogP contribution in [0.25, 0.3) is 0 Å². The molecule has 1 aromatic rings. The first-order valence-corrected chi connectivity index (χ1v) is 10.1. The van der Waals surface area contributed by atoms with E-state index >= 15 is 0 Å². The van der Waals surface area contributed by atoms with Crippen LogP contribution in [0.4, 0.5) is 4.79 Å². The predicted molar refractivity (Wildman–Crippen MR) is 94.5 cm³/mol. The smallest absolute Gasteiger partial charge is 0.408 e. The third-order valence-corrected chi connectivity index (χ3v) is 5.79. The zero-order valence-electron chi connectivity index (χ0n) is 15.2. The number of nitrogens with one attached hydrogen (secondary N) is 1. The Labute approximate surface area is 148 Å². The highest BCUT2D eigenvalue weighted by molar-refractivity contribution is 7.58. The van der Waals surface area contributed by atoms with E-state index in [0.29, 0.717) is 0 Å². The van der Waals surface area contributed by atoms with Crippen LogP contribution in [0.5, 0.6) is 0 Å². The normalized spacial score (nSPS) is 15.8. The van der Waals surface area contributed by atoms with Gasteiger partial charge in [-0.05, 0) is 18.4 Å². The van der Waals surface area contributed by atoms with Gasteiger partial charge in [0.25, 0.3) is 0 Å². The van der Waals surface area contributed by atoms with Crippen LogP contribution in [-0.2, 0) is 30.0 Å². The second-order valence-electron chi connectivity index (χ2n) is 6.08. The first-order chi connectivity index (χ1) is 11.7. The minimum Gasteiger partial charge on any atom is -0.467 e. The molecule has 0 saturated heterocycles. The molecule has 25 heavy (non-hydrogen) atoms. The Kier molecular flexibility index (Phi) is 8.13. The Morgan fingerprint density at radius 2 is 1.76 bits per heavy atom. The summed E-state index contributed by atoms with van der Waals surface area (Å²) >= 11 is 0. The molecule has 140 valence electrons. The van der Waals surface area contributed by atoms with Gasteiger partial charge in [-0.3, -0.25) is 4.57 Å². The van der Waals surface area contributed by atoms with Crippen molar-refractivity contribution in [3.05, 3.63) is 35.9 Å². The fourth-order valence-corrected chi connectivity index (χ4v) is 3.23. The summed E-state index contributed by atoms with van der Waals surface area (Å²) in [5, 5.41) is 2.49. The van der Waals surface area contributed by atoms with Gasteiger partial charge in [0.2, 0.25) is 7.37 Å². The van der Waals surface area contributed by atoms with Crippen molar-refractivity contribution in [2.24, 2.45) is 5.92 Å². The van der Waals surface area contributed by atoms with Crippen molar-refractivity contribution in [1.82, 2.24) is 5.32 Å². The molecule has 3 atom stereocenters. The van der Waals surface area contributed by atoms with Crippen molar-refractivity contribution in [3.8, 4) is 0 Å². The molecule has 0 bridgehead atoms. The lowest BCUT2D eigenvalue weighted by Crippen LogP contribution is -2.36. The minimum absolute atomic E-state index is 0.102. The Bertz CT molecular complexity index is 619. The number of hydrogen-bond donors (Lipinski definition) is 1. The molecule has 1 N–H and O–H groups in total. The topological polar surface area (TPSA) is 90.9 Å². The van der Waals surface area contributed by atoms with Crippen molar-refractivity contribution in [1.29, 1.82) is 0 Å². The lowest BCUT2D eigenvalue weighted by Gasteiger charge is -2.27. The average molecular weight is 371 g/mol. The van der Waals surface area contributed by atoms with Gasteiger partial charge in [0.05, 0.1) is 7.11 Å². The van der Waals surface area contributed by atoms with E-state index in [-0.39, 0.29) is 12.5 Å². The number of hydrogen-bond acceptors (Lipinski definition) is 6. The molecule has 1 rings (SSSR count). The third kappa shape index (κ3) is 6.88. The maximum atomic E-state index is 12.8. The molecular formula is C17H26NO6P. The Hall–Kier alpha value is -1.85. The largest absolute Gasteiger partial charge is 0.467 e. The van der Waals surface area contributed by atoms with Crippen LogP contribution >= 0.6 is 7.37 Å². The van der Waals surface area contributed by atoms with Gasteiger partial charge in [0, 0.05) is 6.66 Å². The van der Waals surface area contributed by atoms with E-state index < -0.39 is 31.3 Å². The van der Waals surface area contributed by atoms with Crippen molar-refractivity contribution in [3.63, 3.8) is 0 Å². The van der Waals surface area contributed by atoms with Gasteiger partial charge < -0.3 is 19.3 Å². The SMILES string of the molecule is COC(=O)[C@@H](OP(C)(=O)[C@H](C)NC(=O)OCc1ccccc1)C(C)C. The molecule has 0 aliphatic heterocycles. The van der Waals surface area contributed by atoms with Crippen LogP contribution in [0.2, 0.25) is 0 Å². The molecule has 0 aliphatic rings. The predicted octanol–water partition coefficient (Wildman–Crippen LogP) is 3.38. The highest BCUT2D eigenvalue weighted by Crippen LogP contribution is 2.48. The van der Waals surface area contributed by atoms with Crippen molar-refractivity contribution in [2.45, 2.75) is 39.3 Å². The van der Waals surface area contributed by atoms with E-state index in [1.54, 1.807) is 20.8 Å². The zero-order valence-corrected chi connectivity index (χ0v) is 16.1. The summed E-state index contributed by atoms with van der Waals surface area (Å²) in [6.45, 7) is 6.53. The van der Waals surface area contributed by atoms with E-state index in [9.17, 15) is 14.2 Å². The maximum Gasteiger partial charge on any atom is 0.408 e. The molecule has 0 aliphatic carbocycles. The fraction of sp³-hybridized carbons (Fsp3) is 0.529. The van der Waals surface area contributed by atoms with Gasteiger partial charge in [-0.15, -0.1) is 0 Å². The molecule has 0 heterocycles. The summed E-state index contributed by atoms with van der Waals surface area (Å²) in [6, 6.07) is 9.20. The standard InChI is InChI=1S/C17H26NO6P/c1-12(2)15(16(19)22-4)24-25(5,21)13(3)18-17(20)23-11-14-9-7-6-8-10-14/h6-10,12-13,15H,11H2,1-5H3,(H,18,20)/t13-,15+,25?/m1/s1. The molecule has 0 radical (unpaired) electrons. The van der Waals surface area contributed by atoms with Crippen LogP contribution in [0.15, 0.2) is 30.3 Å². The number of carbonyl (C=O) groups excluding carboxylic acids is 2. The monoisotopic (exact) mass is 371 g/mol. The van der Waals surface area contributed by atoms with Crippen molar-refractivity contribution >= 4 is 19.4 Å². The summed E-state index contributed by atoms with van der Waals surface area (Å²) in [7, 11) is -2.08. The van der Waals surface area contributed by atoms with Gasteiger partial charge in [-0.2, -0.15) is 0 Å². The van der Waals surface area contributed by atoms with E-state index in [1.165, 1.54) is 13.8 Å². The highest BCUT2D eigenvalue weighted by Gasteiger charge is 2.35. The average Bonchev–Trinajstić information content (AvgIpc) is 2.57. The lowest BCUT2D eigenvalue weighted by molar-refractivity contribution is -0.150. The minimum atomic E-state index is -3.32. The van der Waals surface area contributed by atoms with Crippen LogP contribution < -0.4 is 5.32 Å². The van der Waals surface area contributed by atoms with Gasteiger partial charge in [0.15, 0.2) is 6.10 Å². The summed E-state index contributed by atoms with van der Waals surface area (Å²) in [4.78, 5) is 23.6. The quantitative estimate of drug-likeness (QED) is 0.556. The van der Waals surface area contributed by atoms with Gasteiger partial charge in [-0.25, -0.2) is 9.59 Å². The van der Waals surface area contributed by atoms with E-state index in [4.69, 9.17) is 9.26 Å². The first-order valence-electron chi connectivity index (χ1n) is 7.98. The van der Waals surface area contributed by atoms with Crippen LogP contribution in [0, 0.1) is 5.92 Å². The number of rotatable bonds is 8. The molecule has 0 saturated carbocycles. The number of ether oxygens (including phenoxy) is 2. The van der Waals surface area contributed by atoms with Crippen LogP contribution in [0.3, 0.4) is 0 Å². The number of methoxy groups -OCH3 is 1. The second kappa shape index (κ2) is 9.59. The molecule has 7 nitrogen and oxygen atoms in total. The van der Waals surface area contributed by atoms with Gasteiger partial charge >= 0.3 is 12.1 Å². The van der Waals surface area contributed by atoms with E-state index in [2.05, 4.69) is 10.1 Å². The molecule has 8 heteroatoms. The molecule has 0 aromatic heterocycles. The van der Waals surface area contributed by atoms with Crippen molar-refractivity contribution < 1.29 is 28.2 Å². The number of esters is 1. The van der Waals surface area contributed by atoms with Gasteiger partial charge in [-0.1, -0.05) is 44.2 Å². The lowest BCUT2D eigenvalue weighted by atomic mass is 10.1. The fourth-order valence-electron chi connectivity index (χ4n) is 1.92. The Balaban J connectivity index is 2.60. The van der Waals surface area contributed by atoms with E-state index in [0.717, 1.165) is 5.56 Å². The summed E-state index contributed by atoms with van der Waals surface area (Å²) in [6.07, 6.45) is -1.67. The second-order valence-corrected chi connectivity index (χ2v) is 8.89. The highest BCUT2D eigenvalue weighted by atomic mass is 31.2. The summed E-state index contributed by atoms with van der Waals surface area (Å²) in [5.74, 6) is -1.64. The maximum absolute atomic E-state index is 12.8. The number of benzene rings is 1. The zero-order chi connectivity index (χ0) is 19.0. The first kappa shape index (κ1) is 21.2. The number of carbonyl (C=O) groups is 2. The Morgan fingerprint density at radius 3 is 2.28 bits per heavy atom. The summed E-state index contributed by atoms with van der Waals surface area (Å²) < 4.78 is 28.0. The van der Waals surface area contributed by atoms with Crippen LogP contribution in [-0.4, -0.2) is 37.7 Å². The van der Waals surface area contributed by atoms with Crippen molar-refractivity contribution in [2.75, 3.05) is 13.8 Å². The molecule has 1 aromatic carbocycles. The van der Waals surface area contributed by atoms with Crippen LogP contribution in [0.1, 0.15) is 26.3 Å². The molecule has 0 fully saturated rings. The molecule has 0 spiro atoms. The number of amides is 1. The van der Waals surface area contributed by atoms with Gasteiger partial charge in [0.1, 0.15) is 12.4 Å².